The number of carbonyl (C=O) groups excluding carboxylic acids is 1. The fourth-order valence-corrected chi connectivity index (χ4v) is 2.91. The Balaban J connectivity index is 2.05. The van der Waals surface area contributed by atoms with Gasteiger partial charge in [0.05, 0.1) is 19.3 Å². The maximum absolute atomic E-state index is 12.5. The molecule has 1 aliphatic heterocycles. The van der Waals surface area contributed by atoms with Crippen molar-refractivity contribution >= 4 is 12.0 Å². The molecule has 1 heterocycles. The number of rotatable bonds is 5. The van der Waals surface area contributed by atoms with Gasteiger partial charge in [0, 0.05) is 12.1 Å². The van der Waals surface area contributed by atoms with Crippen LogP contribution < -0.4 is 5.32 Å². The van der Waals surface area contributed by atoms with Gasteiger partial charge in [-0.15, -0.1) is 0 Å². The van der Waals surface area contributed by atoms with Crippen LogP contribution in [0.25, 0.3) is 0 Å². The summed E-state index contributed by atoms with van der Waals surface area (Å²) in [5.74, 6) is -1.52. The molecule has 2 aliphatic rings. The first kappa shape index (κ1) is 15.1. The highest BCUT2D eigenvalue weighted by molar-refractivity contribution is 5.78. The number of ether oxygens (including phenoxy) is 1. The molecule has 2 atom stereocenters. The number of carboxylic acids is 1. The number of carbonyl (C=O) groups is 2. The van der Waals surface area contributed by atoms with Crippen LogP contribution >= 0.6 is 0 Å². The summed E-state index contributed by atoms with van der Waals surface area (Å²) >= 11 is 0. The predicted molar refractivity (Wildman–Crippen MR) is 73.5 cm³/mol. The molecule has 2 unspecified atom stereocenters. The zero-order chi connectivity index (χ0) is 14.8. The van der Waals surface area contributed by atoms with Crippen LogP contribution in [-0.4, -0.2) is 53.3 Å². The van der Waals surface area contributed by atoms with Crippen molar-refractivity contribution in [2.75, 3.05) is 19.8 Å². The number of hydrogen-bond acceptors (Lipinski definition) is 3. The first-order valence-corrected chi connectivity index (χ1v) is 7.36. The standard InChI is InChI=1S/C14H24N2O4/c1-3-7-16(11-9-20-8-10(11)12(17)18)13(19)15-14(2)5-4-6-14/h10-11H,3-9H2,1-2H3,(H,15,19)(H,17,18). The van der Waals surface area contributed by atoms with Crippen molar-refractivity contribution in [1.29, 1.82) is 0 Å². The Labute approximate surface area is 119 Å². The van der Waals surface area contributed by atoms with Gasteiger partial charge in [-0.2, -0.15) is 0 Å². The van der Waals surface area contributed by atoms with Crippen LogP contribution in [0, 0.1) is 5.92 Å². The molecule has 0 radical (unpaired) electrons. The first-order chi connectivity index (χ1) is 9.47. The van der Waals surface area contributed by atoms with Crippen LogP contribution in [0.3, 0.4) is 0 Å². The van der Waals surface area contributed by atoms with E-state index in [9.17, 15) is 14.7 Å². The normalized spacial score (nSPS) is 27.7. The molecule has 0 aromatic carbocycles. The Morgan fingerprint density at radius 2 is 2.10 bits per heavy atom. The van der Waals surface area contributed by atoms with E-state index in [4.69, 9.17) is 4.74 Å². The molecule has 0 aromatic heterocycles. The second kappa shape index (κ2) is 5.99. The van der Waals surface area contributed by atoms with Crippen molar-refractivity contribution in [3.63, 3.8) is 0 Å². The minimum absolute atomic E-state index is 0.124. The highest BCUT2D eigenvalue weighted by atomic mass is 16.5. The maximum atomic E-state index is 12.5. The lowest BCUT2D eigenvalue weighted by molar-refractivity contribution is -0.142. The van der Waals surface area contributed by atoms with Gasteiger partial charge in [-0.3, -0.25) is 4.79 Å². The largest absolute Gasteiger partial charge is 0.481 e. The summed E-state index contributed by atoms with van der Waals surface area (Å²) in [6, 6.07) is -0.521. The third kappa shape index (κ3) is 3.06. The van der Waals surface area contributed by atoms with Crippen LogP contribution in [0.1, 0.15) is 39.5 Å². The fourth-order valence-electron chi connectivity index (χ4n) is 2.91. The lowest BCUT2D eigenvalue weighted by Crippen LogP contribution is -2.58. The number of nitrogens with one attached hydrogen (secondary N) is 1. The van der Waals surface area contributed by atoms with Crippen LogP contribution in [0.5, 0.6) is 0 Å². The molecule has 6 nitrogen and oxygen atoms in total. The average molecular weight is 284 g/mol. The number of amides is 2. The number of nitrogens with zero attached hydrogens (tertiary/aromatic N) is 1. The minimum atomic E-state index is -0.892. The summed E-state index contributed by atoms with van der Waals surface area (Å²) in [6.45, 7) is 5.07. The Bertz CT molecular complexity index is 381. The molecule has 2 amide bonds. The summed E-state index contributed by atoms with van der Waals surface area (Å²) in [5, 5.41) is 12.3. The van der Waals surface area contributed by atoms with Crippen LogP contribution in [0.15, 0.2) is 0 Å². The number of carboxylic acid groups (broad SMARTS) is 1. The molecule has 2 N–H and O–H groups in total. The van der Waals surface area contributed by atoms with Gasteiger partial charge in [0.15, 0.2) is 0 Å². The molecule has 20 heavy (non-hydrogen) atoms. The highest BCUT2D eigenvalue weighted by Gasteiger charge is 2.42. The number of urea groups is 1. The number of aliphatic carboxylic acids is 1. The van der Waals surface area contributed by atoms with Gasteiger partial charge < -0.3 is 20.1 Å². The Hall–Kier alpha value is -1.30. The van der Waals surface area contributed by atoms with Crippen molar-refractivity contribution < 1.29 is 19.4 Å². The summed E-state index contributed by atoms with van der Waals surface area (Å²) < 4.78 is 5.28. The molecule has 1 saturated carbocycles. The van der Waals surface area contributed by atoms with Crippen molar-refractivity contribution in [3.05, 3.63) is 0 Å². The van der Waals surface area contributed by atoms with Gasteiger partial charge in [0.2, 0.25) is 0 Å². The van der Waals surface area contributed by atoms with E-state index >= 15 is 0 Å². The quantitative estimate of drug-likeness (QED) is 0.801. The van der Waals surface area contributed by atoms with E-state index < -0.39 is 11.9 Å². The molecule has 0 bridgehead atoms. The Kier molecular flexibility index (Phi) is 4.52. The van der Waals surface area contributed by atoms with Gasteiger partial charge in [0.25, 0.3) is 0 Å². The van der Waals surface area contributed by atoms with Crippen LogP contribution in [0.4, 0.5) is 4.79 Å². The van der Waals surface area contributed by atoms with Crippen molar-refractivity contribution in [2.24, 2.45) is 5.92 Å². The van der Waals surface area contributed by atoms with Gasteiger partial charge >= 0.3 is 12.0 Å². The van der Waals surface area contributed by atoms with E-state index in [2.05, 4.69) is 5.32 Å². The number of hydrogen-bond donors (Lipinski definition) is 2. The summed E-state index contributed by atoms with van der Waals surface area (Å²) in [5.41, 5.74) is -0.124. The zero-order valence-corrected chi connectivity index (χ0v) is 12.2. The SMILES string of the molecule is CCCN(C(=O)NC1(C)CCC1)C1COCC1C(=O)O. The van der Waals surface area contributed by atoms with E-state index in [1.165, 1.54) is 0 Å². The second-order valence-corrected chi connectivity index (χ2v) is 6.09. The smallest absolute Gasteiger partial charge is 0.318 e. The summed E-state index contributed by atoms with van der Waals surface area (Å²) in [4.78, 5) is 25.4. The van der Waals surface area contributed by atoms with E-state index in [1.807, 2.05) is 13.8 Å². The van der Waals surface area contributed by atoms with Crippen molar-refractivity contribution in [1.82, 2.24) is 10.2 Å². The molecule has 0 spiro atoms. The first-order valence-electron chi connectivity index (χ1n) is 7.36. The molecule has 6 heteroatoms. The third-order valence-electron chi connectivity index (χ3n) is 4.36. The summed E-state index contributed by atoms with van der Waals surface area (Å²) in [6.07, 6.45) is 3.91. The van der Waals surface area contributed by atoms with Crippen LogP contribution in [-0.2, 0) is 9.53 Å². The lowest BCUT2D eigenvalue weighted by atomic mass is 9.79. The molecule has 2 fully saturated rings. The van der Waals surface area contributed by atoms with Crippen molar-refractivity contribution in [3.8, 4) is 0 Å². The predicted octanol–water partition coefficient (Wildman–Crippen LogP) is 1.45. The Morgan fingerprint density at radius 1 is 1.40 bits per heavy atom. The van der Waals surface area contributed by atoms with E-state index in [0.29, 0.717) is 13.2 Å². The van der Waals surface area contributed by atoms with Gasteiger partial charge in [-0.1, -0.05) is 6.92 Å². The Morgan fingerprint density at radius 3 is 2.60 bits per heavy atom. The molecule has 114 valence electrons. The average Bonchev–Trinajstić information content (AvgIpc) is 2.82. The van der Waals surface area contributed by atoms with E-state index in [0.717, 1.165) is 25.7 Å². The third-order valence-corrected chi connectivity index (χ3v) is 4.36. The lowest BCUT2D eigenvalue weighted by Gasteiger charge is -2.41. The zero-order valence-electron chi connectivity index (χ0n) is 12.2. The molecule has 2 rings (SSSR count). The molecule has 0 aromatic rings. The van der Waals surface area contributed by atoms with E-state index in [-0.39, 0.29) is 24.2 Å². The van der Waals surface area contributed by atoms with Gasteiger partial charge in [-0.05, 0) is 32.6 Å². The fraction of sp³-hybridized carbons (Fsp3) is 0.857. The minimum Gasteiger partial charge on any atom is -0.481 e. The highest BCUT2D eigenvalue weighted by Crippen LogP contribution is 2.31. The van der Waals surface area contributed by atoms with Gasteiger partial charge in [-0.25, -0.2) is 4.79 Å². The molecular formula is C14H24N2O4. The van der Waals surface area contributed by atoms with E-state index in [1.54, 1.807) is 4.90 Å². The van der Waals surface area contributed by atoms with Crippen molar-refractivity contribution in [2.45, 2.75) is 51.1 Å². The maximum Gasteiger partial charge on any atom is 0.318 e. The van der Waals surface area contributed by atoms with Crippen LogP contribution in [0.2, 0.25) is 0 Å². The topological polar surface area (TPSA) is 78.9 Å². The molecular weight excluding hydrogens is 260 g/mol. The monoisotopic (exact) mass is 284 g/mol. The summed E-state index contributed by atoms with van der Waals surface area (Å²) in [7, 11) is 0. The molecule has 1 aliphatic carbocycles. The second-order valence-electron chi connectivity index (χ2n) is 6.09. The molecule has 1 saturated heterocycles. The van der Waals surface area contributed by atoms with Gasteiger partial charge in [0.1, 0.15) is 5.92 Å².